The lowest BCUT2D eigenvalue weighted by Gasteiger charge is -2.35. The zero-order valence-electron chi connectivity index (χ0n) is 19.3. The van der Waals surface area contributed by atoms with Crippen molar-refractivity contribution in [2.75, 3.05) is 51.3 Å². The first-order valence-electron chi connectivity index (χ1n) is 11.6. The number of likely N-dealkylation sites (N-methyl/N-ethyl adjacent to an activating group) is 1. The molecular weight excluding hydrogens is 408 g/mol. The minimum Gasteiger partial charge on any atom is -0.369 e. The van der Waals surface area contributed by atoms with Gasteiger partial charge in [-0.3, -0.25) is 14.4 Å². The Morgan fingerprint density at radius 2 is 1.91 bits per heavy atom. The highest BCUT2D eigenvalue weighted by molar-refractivity contribution is 5.99. The van der Waals surface area contributed by atoms with Crippen LogP contribution in [-0.4, -0.2) is 85.9 Å². The van der Waals surface area contributed by atoms with Gasteiger partial charge in [0.05, 0.1) is 12.0 Å². The Balaban J connectivity index is 1.72. The standard InChI is InChI=1S/C24H34N4O4/c1-4-15(2)21(24(31)28-8-7-20-22(28)19(29)14-32-20)18-13-16(5-6-17(18)23(25)30)27-11-9-26(3)10-12-27/h5-6,13,15,20-22H,4,7-12,14H2,1-3H3,(H2,25,30)/t15-,20+,21-,22+/m0/s1. The maximum Gasteiger partial charge on any atom is 0.249 e. The lowest BCUT2D eigenvalue weighted by Crippen LogP contribution is -2.46. The van der Waals surface area contributed by atoms with Crippen molar-refractivity contribution in [3.05, 3.63) is 29.3 Å². The number of likely N-dealkylation sites (tertiary alicyclic amines) is 1. The van der Waals surface area contributed by atoms with Gasteiger partial charge < -0.3 is 25.2 Å². The molecule has 3 heterocycles. The molecule has 0 bridgehead atoms. The number of nitrogens with zero attached hydrogens (tertiary/aromatic N) is 3. The van der Waals surface area contributed by atoms with E-state index >= 15 is 0 Å². The molecular formula is C24H34N4O4. The molecule has 0 radical (unpaired) electrons. The van der Waals surface area contributed by atoms with Crippen LogP contribution in [0.1, 0.15) is 48.5 Å². The zero-order chi connectivity index (χ0) is 23.0. The highest BCUT2D eigenvalue weighted by Gasteiger charge is 2.48. The third-order valence-corrected chi connectivity index (χ3v) is 7.38. The number of carbonyl (C=O) groups is 3. The average molecular weight is 443 g/mol. The molecule has 3 aliphatic heterocycles. The molecule has 1 aromatic carbocycles. The number of primary amides is 1. The van der Waals surface area contributed by atoms with Crippen LogP contribution in [0, 0.1) is 5.92 Å². The minimum absolute atomic E-state index is 0.0141. The summed E-state index contributed by atoms with van der Waals surface area (Å²) in [6.07, 6.45) is 1.22. The fourth-order valence-electron chi connectivity index (χ4n) is 5.23. The number of Topliss-reactive ketones (excluding diaryl/α,β-unsaturated/α-hetero) is 1. The number of hydrogen-bond donors (Lipinski definition) is 1. The molecule has 0 unspecified atom stereocenters. The Morgan fingerprint density at radius 1 is 1.19 bits per heavy atom. The van der Waals surface area contributed by atoms with Crippen molar-refractivity contribution in [2.24, 2.45) is 11.7 Å². The molecule has 0 aliphatic carbocycles. The molecule has 4 rings (SSSR count). The quantitative estimate of drug-likeness (QED) is 0.712. The summed E-state index contributed by atoms with van der Waals surface area (Å²) in [5.74, 6) is -1.23. The summed E-state index contributed by atoms with van der Waals surface area (Å²) in [7, 11) is 2.11. The van der Waals surface area contributed by atoms with Crippen molar-refractivity contribution in [1.29, 1.82) is 0 Å². The van der Waals surface area contributed by atoms with Crippen LogP contribution in [0.3, 0.4) is 0 Å². The molecule has 174 valence electrons. The SMILES string of the molecule is CC[C@H](C)[C@H](C(=O)N1CC[C@H]2OCC(=O)[C@H]21)c1cc(N2CCN(C)CC2)ccc1C(N)=O. The van der Waals surface area contributed by atoms with Gasteiger partial charge in [-0.05, 0) is 43.1 Å². The van der Waals surface area contributed by atoms with Gasteiger partial charge in [-0.1, -0.05) is 20.3 Å². The summed E-state index contributed by atoms with van der Waals surface area (Å²) in [6.45, 7) is 8.31. The van der Waals surface area contributed by atoms with E-state index in [4.69, 9.17) is 10.5 Å². The van der Waals surface area contributed by atoms with E-state index in [-0.39, 0.29) is 30.3 Å². The number of rotatable bonds is 6. The van der Waals surface area contributed by atoms with Crippen LogP contribution < -0.4 is 10.6 Å². The molecule has 8 heteroatoms. The Labute approximate surface area is 189 Å². The Bertz CT molecular complexity index is 896. The Hall–Kier alpha value is -2.45. The smallest absolute Gasteiger partial charge is 0.249 e. The number of amides is 2. The predicted octanol–water partition coefficient (Wildman–Crippen LogP) is 1.24. The van der Waals surface area contributed by atoms with Crippen molar-refractivity contribution < 1.29 is 19.1 Å². The normalized spacial score (nSPS) is 25.7. The van der Waals surface area contributed by atoms with Crippen LogP contribution in [0.25, 0.3) is 0 Å². The minimum atomic E-state index is -0.540. The van der Waals surface area contributed by atoms with Crippen LogP contribution in [0.15, 0.2) is 18.2 Å². The summed E-state index contributed by atoms with van der Waals surface area (Å²) in [5.41, 5.74) is 7.79. The zero-order valence-corrected chi connectivity index (χ0v) is 19.3. The fraction of sp³-hybridized carbons (Fsp3) is 0.625. The summed E-state index contributed by atoms with van der Waals surface area (Å²) in [6, 6.07) is 5.14. The number of anilines is 1. The van der Waals surface area contributed by atoms with Gasteiger partial charge in [-0.25, -0.2) is 0 Å². The highest BCUT2D eigenvalue weighted by Crippen LogP contribution is 2.37. The first-order valence-corrected chi connectivity index (χ1v) is 11.6. The van der Waals surface area contributed by atoms with E-state index in [0.717, 1.165) is 38.3 Å². The molecule has 32 heavy (non-hydrogen) atoms. The van der Waals surface area contributed by atoms with Gasteiger partial charge in [0.25, 0.3) is 0 Å². The van der Waals surface area contributed by atoms with Gasteiger partial charge in [-0.15, -0.1) is 0 Å². The second-order valence-electron chi connectivity index (χ2n) is 9.37. The van der Waals surface area contributed by atoms with Crippen molar-refractivity contribution in [3.8, 4) is 0 Å². The van der Waals surface area contributed by atoms with Gasteiger partial charge in [0.15, 0.2) is 5.78 Å². The Kier molecular flexibility index (Phi) is 6.53. The molecule has 0 spiro atoms. The maximum atomic E-state index is 13.9. The van der Waals surface area contributed by atoms with E-state index in [2.05, 4.69) is 16.8 Å². The molecule has 0 saturated carbocycles. The number of benzene rings is 1. The molecule has 3 saturated heterocycles. The lowest BCUT2D eigenvalue weighted by atomic mass is 9.81. The third-order valence-electron chi connectivity index (χ3n) is 7.38. The van der Waals surface area contributed by atoms with E-state index in [1.54, 1.807) is 11.0 Å². The number of piperazine rings is 1. The van der Waals surface area contributed by atoms with E-state index in [1.807, 2.05) is 26.0 Å². The number of nitrogens with two attached hydrogens (primary N) is 1. The lowest BCUT2D eigenvalue weighted by molar-refractivity contribution is -0.138. The number of carbonyl (C=O) groups excluding carboxylic acids is 3. The van der Waals surface area contributed by atoms with Crippen molar-refractivity contribution in [3.63, 3.8) is 0 Å². The summed E-state index contributed by atoms with van der Waals surface area (Å²) < 4.78 is 5.58. The number of hydrogen-bond acceptors (Lipinski definition) is 6. The number of ketones is 1. The fourth-order valence-corrected chi connectivity index (χ4v) is 5.23. The highest BCUT2D eigenvalue weighted by atomic mass is 16.5. The van der Waals surface area contributed by atoms with Crippen LogP contribution in [0.4, 0.5) is 5.69 Å². The predicted molar refractivity (Wildman–Crippen MR) is 122 cm³/mol. The van der Waals surface area contributed by atoms with Gasteiger partial charge >= 0.3 is 0 Å². The molecule has 3 aliphatic rings. The van der Waals surface area contributed by atoms with Crippen LogP contribution in [0.2, 0.25) is 0 Å². The van der Waals surface area contributed by atoms with Crippen LogP contribution in [-0.2, 0) is 14.3 Å². The van der Waals surface area contributed by atoms with Crippen molar-refractivity contribution >= 4 is 23.3 Å². The monoisotopic (exact) mass is 442 g/mol. The summed E-state index contributed by atoms with van der Waals surface area (Å²) in [4.78, 5) is 44.9. The topological polar surface area (TPSA) is 96.2 Å². The van der Waals surface area contributed by atoms with Gasteiger partial charge in [0, 0.05) is 44.0 Å². The van der Waals surface area contributed by atoms with Crippen LogP contribution in [0.5, 0.6) is 0 Å². The van der Waals surface area contributed by atoms with E-state index < -0.39 is 17.9 Å². The number of fused-ring (bicyclic) bond motifs is 1. The molecule has 2 N–H and O–H groups in total. The van der Waals surface area contributed by atoms with Gasteiger partial charge in [0.2, 0.25) is 11.8 Å². The van der Waals surface area contributed by atoms with Crippen molar-refractivity contribution in [2.45, 2.75) is 44.8 Å². The molecule has 1 aromatic rings. The van der Waals surface area contributed by atoms with Gasteiger partial charge in [-0.2, -0.15) is 0 Å². The van der Waals surface area contributed by atoms with E-state index in [1.165, 1.54) is 0 Å². The van der Waals surface area contributed by atoms with E-state index in [9.17, 15) is 14.4 Å². The first-order chi connectivity index (χ1) is 15.3. The third kappa shape index (κ3) is 4.13. The molecule has 2 amide bonds. The van der Waals surface area contributed by atoms with E-state index in [0.29, 0.717) is 24.1 Å². The molecule has 0 aromatic heterocycles. The number of ether oxygens (including phenoxy) is 1. The van der Waals surface area contributed by atoms with Crippen molar-refractivity contribution in [1.82, 2.24) is 9.80 Å². The second kappa shape index (κ2) is 9.19. The van der Waals surface area contributed by atoms with Gasteiger partial charge in [0.1, 0.15) is 12.6 Å². The first kappa shape index (κ1) is 22.7. The Morgan fingerprint density at radius 3 is 2.56 bits per heavy atom. The van der Waals surface area contributed by atoms with Crippen LogP contribution >= 0.6 is 0 Å². The summed E-state index contributed by atoms with van der Waals surface area (Å²) in [5, 5.41) is 0. The average Bonchev–Trinajstić information content (AvgIpc) is 3.37. The molecule has 4 atom stereocenters. The second-order valence-corrected chi connectivity index (χ2v) is 9.37. The molecule has 8 nitrogen and oxygen atoms in total. The molecule has 3 fully saturated rings. The summed E-state index contributed by atoms with van der Waals surface area (Å²) >= 11 is 0. The largest absolute Gasteiger partial charge is 0.369 e. The maximum absolute atomic E-state index is 13.9.